The van der Waals surface area contributed by atoms with Crippen LogP contribution in [0.15, 0.2) is 10.9 Å². The standard InChI is InChI=1S/C14H19N5O/c20-12-7-11(4-1-9-5-6-15-8-9)16-14-17-13(10-2-3-10)18-19(12)14/h7,9-10,15H,1-6,8H2,(H,16,17,18). The second-order valence-electron chi connectivity index (χ2n) is 6.00. The number of H-pyrrole nitrogens is 1. The summed E-state index contributed by atoms with van der Waals surface area (Å²) in [6.07, 6.45) is 5.51. The second kappa shape index (κ2) is 4.70. The molecule has 2 N–H and O–H groups in total. The van der Waals surface area contributed by atoms with Gasteiger partial charge >= 0.3 is 0 Å². The van der Waals surface area contributed by atoms with Crippen LogP contribution < -0.4 is 10.9 Å². The molecule has 1 saturated heterocycles. The third kappa shape index (κ3) is 2.24. The molecule has 0 radical (unpaired) electrons. The molecule has 0 spiro atoms. The molecule has 2 aromatic rings. The van der Waals surface area contributed by atoms with Gasteiger partial charge < -0.3 is 5.32 Å². The Morgan fingerprint density at radius 1 is 1.30 bits per heavy atom. The molecular formula is C14H19N5O. The van der Waals surface area contributed by atoms with Gasteiger partial charge in [0.2, 0.25) is 0 Å². The molecule has 2 fully saturated rings. The van der Waals surface area contributed by atoms with E-state index in [1.54, 1.807) is 6.07 Å². The highest BCUT2D eigenvalue weighted by molar-refractivity contribution is 5.29. The summed E-state index contributed by atoms with van der Waals surface area (Å²) in [5, 5.41) is 6.44. The van der Waals surface area contributed by atoms with Gasteiger partial charge in [-0.15, -0.1) is 0 Å². The van der Waals surface area contributed by atoms with Gasteiger partial charge in [0.1, 0.15) is 5.82 Å². The van der Waals surface area contributed by atoms with Crippen LogP contribution in [0.25, 0.3) is 5.78 Å². The van der Waals surface area contributed by atoms with Gasteiger partial charge in [-0.2, -0.15) is 9.50 Å². The van der Waals surface area contributed by atoms with Crippen molar-refractivity contribution in [2.24, 2.45) is 5.92 Å². The van der Waals surface area contributed by atoms with Crippen LogP contribution in [0.5, 0.6) is 0 Å². The number of rotatable bonds is 4. The summed E-state index contributed by atoms with van der Waals surface area (Å²) in [7, 11) is 0. The Bertz CT molecular complexity index is 678. The van der Waals surface area contributed by atoms with E-state index >= 15 is 0 Å². The highest BCUT2D eigenvalue weighted by Crippen LogP contribution is 2.37. The average Bonchev–Trinajstić information content (AvgIpc) is 3.00. The summed E-state index contributed by atoms with van der Waals surface area (Å²) in [5.41, 5.74) is 0.824. The van der Waals surface area contributed by atoms with Gasteiger partial charge in [-0.05, 0) is 51.1 Å². The number of aromatic nitrogens is 4. The van der Waals surface area contributed by atoms with Gasteiger partial charge in [0.15, 0.2) is 0 Å². The Hall–Kier alpha value is -1.69. The Balaban J connectivity index is 1.58. The topological polar surface area (TPSA) is 75.1 Å². The first-order valence-electron chi connectivity index (χ1n) is 7.49. The van der Waals surface area contributed by atoms with Crippen LogP contribution in [-0.2, 0) is 6.42 Å². The first kappa shape index (κ1) is 12.1. The third-order valence-electron chi connectivity index (χ3n) is 4.34. The summed E-state index contributed by atoms with van der Waals surface area (Å²) in [6.45, 7) is 2.21. The molecule has 1 aliphatic carbocycles. The molecule has 1 unspecified atom stereocenters. The van der Waals surface area contributed by atoms with Crippen molar-refractivity contribution in [3.05, 3.63) is 27.9 Å². The fraction of sp³-hybridized carbons (Fsp3) is 0.643. The molecule has 1 atom stereocenters. The van der Waals surface area contributed by atoms with E-state index in [0.29, 0.717) is 11.7 Å². The van der Waals surface area contributed by atoms with Gasteiger partial charge in [-0.1, -0.05) is 0 Å². The van der Waals surface area contributed by atoms with Crippen molar-refractivity contribution in [2.45, 2.75) is 38.0 Å². The van der Waals surface area contributed by atoms with Crippen molar-refractivity contribution in [3.63, 3.8) is 0 Å². The molecule has 4 rings (SSSR count). The minimum Gasteiger partial charge on any atom is -0.316 e. The van der Waals surface area contributed by atoms with Gasteiger partial charge in [0, 0.05) is 12.0 Å². The van der Waals surface area contributed by atoms with Crippen LogP contribution in [0.1, 0.15) is 43.1 Å². The lowest BCUT2D eigenvalue weighted by atomic mass is 10.0. The van der Waals surface area contributed by atoms with Crippen molar-refractivity contribution in [1.29, 1.82) is 0 Å². The molecule has 2 aromatic heterocycles. The minimum atomic E-state index is -0.0473. The molecule has 20 heavy (non-hydrogen) atoms. The molecule has 2 aliphatic rings. The normalized spacial score (nSPS) is 22.7. The molecule has 6 nitrogen and oxygen atoms in total. The van der Waals surface area contributed by atoms with Crippen LogP contribution in [0.4, 0.5) is 0 Å². The van der Waals surface area contributed by atoms with Crippen molar-refractivity contribution in [1.82, 2.24) is 24.9 Å². The second-order valence-corrected chi connectivity index (χ2v) is 6.00. The third-order valence-corrected chi connectivity index (χ3v) is 4.34. The maximum absolute atomic E-state index is 12.1. The lowest BCUT2D eigenvalue weighted by Gasteiger charge is -2.06. The molecule has 0 aromatic carbocycles. The largest absolute Gasteiger partial charge is 0.316 e. The van der Waals surface area contributed by atoms with Crippen LogP contribution in [0.3, 0.4) is 0 Å². The molecule has 0 amide bonds. The van der Waals surface area contributed by atoms with Gasteiger partial charge in [-0.25, -0.2) is 4.98 Å². The van der Waals surface area contributed by atoms with E-state index in [-0.39, 0.29) is 5.56 Å². The Labute approximate surface area is 116 Å². The zero-order valence-corrected chi connectivity index (χ0v) is 11.4. The lowest BCUT2D eigenvalue weighted by Crippen LogP contribution is -2.16. The molecule has 106 valence electrons. The minimum absolute atomic E-state index is 0.0473. The maximum Gasteiger partial charge on any atom is 0.274 e. The predicted molar refractivity (Wildman–Crippen MR) is 74.9 cm³/mol. The monoisotopic (exact) mass is 273 g/mol. The molecule has 3 heterocycles. The fourth-order valence-electron chi connectivity index (χ4n) is 2.92. The number of aromatic amines is 1. The number of hydrogen-bond acceptors (Lipinski definition) is 4. The van der Waals surface area contributed by atoms with E-state index < -0.39 is 0 Å². The van der Waals surface area contributed by atoms with Crippen LogP contribution in [-0.4, -0.2) is 32.7 Å². The zero-order valence-electron chi connectivity index (χ0n) is 11.4. The van der Waals surface area contributed by atoms with Crippen molar-refractivity contribution in [3.8, 4) is 0 Å². The van der Waals surface area contributed by atoms with Gasteiger partial charge in [0.25, 0.3) is 11.3 Å². The summed E-state index contributed by atoms with van der Waals surface area (Å²) in [4.78, 5) is 21.1. The SMILES string of the molecule is O=c1cc(CCC2CCNC2)nc2nc(C3CC3)[nH]n12. The predicted octanol–water partition coefficient (Wildman–Crippen LogP) is 0.837. The maximum atomic E-state index is 12.1. The van der Waals surface area contributed by atoms with E-state index in [4.69, 9.17) is 0 Å². The van der Waals surface area contributed by atoms with E-state index in [0.717, 1.165) is 56.2 Å². The Kier molecular flexibility index (Phi) is 2.84. The van der Waals surface area contributed by atoms with E-state index in [9.17, 15) is 4.79 Å². The van der Waals surface area contributed by atoms with Crippen molar-refractivity contribution < 1.29 is 0 Å². The zero-order chi connectivity index (χ0) is 13.5. The van der Waals surface area contributed by atoms with E-state index in [1.165, 1.54) is 10.9 Å². The number of nitrogens with one attached hydrogen (secondary N) is 2. The highest BCUT2D eigenvalue weighted by Gasteiger charge is 2.27. The quantitative estimate of drug-likeness (QED) is 0.865. The number of aryl methyl sites for hydroxylation is 1. The first-order chi connectivity index (χ1) is 9.79. The summed E-state index contributed by atoms with van der Waals surface area (Å²) < 4.78 is 1.47. The van der Waals surface area contributed by atoms with Crippen molar-refractivity contribution >= 4 is 5.78 Å². The van der Waals surface area contributed by atoms with Crippen LogP contribution in [0.2, 0.25) is 0 Å². The summed E-state index contributed by atoms with van der Waals surface area (Å²) in [6, 6.07) is 1.64. The van der Waals surface area contributed by atoms with Crippen molar-refractivity contribution in [2.75, 3.05) is 13.1 Å². The Morgan fingerprint density at radius 2 is 2.20 bits per heavy atom. The summed E-state index contributed by atoms with van der Waals surface area (Å²) in [5.74, 6) is 2.66. The average molecular weight is 273 g/mol. The van der Waals surface area contributed by atoms with E-state index in [2.05, 4.69) is 20.4 Å². The summed E-state index contributed by atoms with van der Waals surface area (Å²) >= 11 is 0. The smallest absolute Gasteiger partial charge is 0.274 e. The molecule has 0 bridgehead atoms. The molecular weight excluding hydrogens is 254 g/mol. The number of nitrogens with zero attached hydrogens (tertiary/aromatic N) is 3. The van der Waals surface area contributed by atoms with Crippen LogP contribution in [0, 0.1) is 5.92 Å². The van der Waals surface area contributed by atoms with E-state index in [1.807, 2.05) is 0 Å². The number of hydrogen-bond donors (Lipinski definition) is 2. The molecule has 1 aliphatic heterocycles. The van der Waals surface area contributed by atoms with Gasteiger partial charge in [-0.3, -0.25) is 9.89 Å². The lowest BCUT2D eigenvalue weighted by molar-refractivity contribution is 0.529. The first-order valence-corrected chi connectivity index (χ1v) is 7.49. The molecule has 6 heteroatoms. The van der Waals surface area contributed by atoms with Crippen LogP contribution >= 0.6 is 0 Å². The highest BCUT2D eigenvalue weighted by atomic mass is 16.1. The van der Waals surface area contributed by atoms with Gasteiger partial charge in [0.05, 0.1) is 5.69 Å². The number of fused-ring (bicyclic) bond motifs is 1. The Morgan fingerprint density at radius 3 is 2.95 bits per heavy atom. The molecule has 1 saturated carbocycles. The fourth-order valence-corrected chi connectivity index (χ4v) is 2.92.